The smallest absolute Gasteiger partial charge is 0.251 e. The third-order valence-corrected chi connectivity index (χ3v) is 2.17. The van der Waals surface area contributed by atoms with Gasteiger partial charge in [-0.3, -0.25) is 4.79 Å². The van der Waals surface area contributed by atoms with Crippen molar-refractivity contribution in [3.05, 3.63) is 23.9 Å². The Morgan fingerprint density at radius 2 is 2.11 bits per heavy atom. The van der Waals surface area contributed by atoms with Gasteiger partial charge in [-0.05, 0) is 33.8 Å². The van der Waals surface area contributed by atoms with Gasteiger partial charge in [-0.1, -0.05) is 0 Å². The van der Waals surface area contributed by atoms with Gasteiger partial charge >= 0.3 is 0 Å². The molecule has 0 spiro atoms. The lowest BCUT2D eigenvalue weighted by Crippen LogP contribution is -2.40. The molecule has 1 N–H and O–H groups in total. The van der Waals surface area contributed by atoms with Crippen LogP contribution in [0.15, 0.2) is 18.3 Å². The molecule has 106 valence electrons. The topological polar surface area (TPSA) is 60.5 Å². The molecule has 0 bridgehead atoms. The number of nitrogens with one attached hydrogen (secondary N) is 1. The summed E-state index contributed by atoms with van der Waals surface area (Å²) in [5.41, 5.74) is 0.271. The van der Waals surface area contributed by atoms with E-state index >= 15 is 0 Å². The van der Waals surface area contributed by atoms with E-state index in [9.17, 15) is 4.79 Å². The normalized spacial score (nSPS) is 11.2. The van der Waals surface area contributed by atoms with Crippen LogP contribution in [-0.2, 0) is 4.74 Å². The molecular weight excluding hydrogens is 244 g/mol. The highest BCUT2D eigenvalue weighted by Gasteiger charge is 2.15. The molecule has 0 unspecified atom stereocenters. The maximum absolute atomic E-state index is 12.0. The highest BCUT2D eigenvalue weighted by Crippen LogP contribution is 2.10. The summed E-state index contributed by atoms with van der Waals surface area (Å²) in [6.07, 6.45) is 1.56. The van der Waals surface area contributed by atoms with E-state index in [1.807, 2.05) is 27.7 Å². The van der Waals surface area contributed by atoms with Gasteiger partial charge in [0.25, 0.3) is 5.91 Å². The second kappa shape index (κ2) is 7.09. The van der Waals surface area contributed by atoms with E-state index in [0.717, 1.165) is 0 Å². The molecule has 1 amide bonds. The third kappa shape index (κ3) is 6.20. The van der Waals surface area contributed by atoms with Crippen LogP contribution in [0.25, 0.3) is 0 Å². The number of amides is 1. The van der Waals surface area contributed by atoms with E-state index < -0.39 is 0 Å². The summed E-state index contributed by atoms with van der Waals surface area (Å²) in [6, 6.07) is 3.30. The molecule has 1 aromatic rings. The Hall–Kier alpha value is -1.62. The molecule has 0 aliphatic rings. The number of aromatic nitrogens is 1. The molecule has 0 saturated carbocycles. The van der Waals surface area contributed by atoms with Crippen LogP contribution in [0.1, 0.15) is 38.1 Å². The Balaban J connectivity index is 2.58. The van der Waals surface area contributed by atoms with Crippen LogP contribution in [0.3, 0.4) is 0 Å². The molecule has 1 heterocycles. The molecule has 0 aliphatic carbocycles. The maximum Gasteiger partial charge on any atom is 0.251 e. The Morgan fingerprint density at radius 1 is 1.37 bits per heavy atom. The van der Waals surface area contributed by atoms with Crippen LogP contribution in [0.2, 0.25) is 0 Å². The van der Waals surface area contributed by atoms with Crippen molar-refractivity contribution < 1.29 is 14.3 Å². The number of rotatable bonds is 6. The lowest BCUT2D eigenvalue weighted by molar-refractivity contribution is 0.0918. The van der Waals surface area contributed by atoms with E-state index in [1.54, 1.807) is 18.3 Å². The molecule has 0 aliphatic heterocycles. The van der Waals surface area contributed by atoms with Gasteiger partial charge in [-0.25, -0.2) is 4.98 Å². The zero-order chi connectivity index (χ0) is 14.3. The number of carbonyl (C=O) groups excluding carboxylic acids is 1. The van der Waals surface area contributed by atoms with Crippen molar-refractivity contribution >= 4 is 5.91 Å². The van der Waals surface area contributed by atoms with E-state index in [1.165, 1.54) is 0 Å². The summed E-state index contributed by atoms with van der Waals surface area (Å²) < 4.78 is 10.6. The number of carbonyl (C=O) groups is 1. The summed E-state index contributed by atoms with van der Waals surface area (Å²) in [5, 5.41) is 2.89. The molecule has 0 aromatic carbocycles. The fourth-order valence-electron chi connectivity index (χ4n) is 1.39. The maximum atomic E-state index is 12.0. The molecule has 0 atom stereocenters. The lowest BCUT2D eigenvalue weighted by Gasteiger charge is -2.20. The van der Waals surface area contributed by atoms with Gasteiger partial charge in [0.05, 0.1) is 6.61 Å². The summed E-state index contributed by atoms with van der Waals surface area (Å²) >= 11 is 0. The summed E-state index contributed by atoms with van der Waals surface area (Å²) in [6.45, 7) is 9.32. The minimum Gasteiger partial charge on any atom is -0.475 e. The van der Waals surface area contributed by atoms with Gasteiger partial charge in [0.15, 0.2) is 0 Å². The molecular formula is C14H22N2O3. The third-order valence-electron chi connectivity index (χ3n) is 2.17. The minimum absolute atomic E-state index is 0.135. The van der Waals surface area contributed by atoms with Crippen LogP contribution >= 0.6 is 0 Å². The molecule has 1 rings (SSSR count). The number of hydrogen-bond donors (Lipinski definition) is 1. The average molecular weight is 266 g/mol. The van der Waals surface area contributed by atoms with E-state index in [-0.39, 0.29) is 11.4 Å². The number of ether oxygens (including phenoxy) is 2. The van der Waals surface area contributed by atoms with Crippen molar-refractivity contribution in [2.24, 2.45) is 0 Å². The van der Waals surface area contributed by atoms with Crippen LogP contribution in [0.5, 0.6) is 5.88 Å². The van der Waals surface area contributed by atoms with Crippen molar-refractivity contribution in [2.75, 3.05) is 19.8 Å². The summed E-state index contributed by atoms with van der Waals surface area (Å²) in [7, 11) is 0. The number of pyridine rings is 1. The van der Waals surface area contributed by atoms with Crippen LogP contribution < -0.4 is 10.1 Å². The number of hydrogen-bond acceptors (Lipinski definition) is 4. The van der Waals surface area contributed by atoms with Gasteiger partial charge in [0, 0.05) is 30.0 Å². The summed E-state index contributed by atoms with van der Waals surface area (Å²) in [5.74, 6) is 0.297. The first kappa shape index (κ1) is 15.4. The first-order chi connectivity index (χ1) is 8.92. The molecule has 1 aromatic heterocycles. The van der Waals surface area contributed by atoms with Gasteiger partial charge in [0.1, 0.15) is 6.61 Å². The Bertz CT molecular complexity index is 413. The van der Waals surface area contributed by atoms with Gasteiger partial charge in [-0.2, -0.15) is 0 Å². The molecule has 5 heteroatoms. The number of nitrogens with zero attached hydrogens (tertiary/aromatic N) is 1. The highest BCUT2D eigenvalue weighted by atomic mass is 16.5. The Morgan fingerprint density at radius 3 is 2.74 bits per heavy atom. The zero-order valence-corrected chi connectivity index (χ0v) is 12.0. The SMILES string of the molecule is CCOCCOc1cc(C(=O)NC(C)(C)C)ccn1. The first-order valence-electron chi connectivity index (χ1n) is 6.41. The first-order valence-corrected chi connectivity index (χ1v) is 6.41. The molecule has 0 radical (unpaired) electrons. The van der Waals surface area contributed by atoms with Gasteiger partial charge < -0.3 is 14.8 Å². The van der Waals surface area contributed by atoms with E-state index in [2.05, 4.69) is 10.3 Å². The van der Waals surface area contributed by atoms with Gasteiger partial charge in [-0.15, -0.1) is 0 Å². The van der Waals surface area contributed by atoms with Crippen molar-refractivity contribution in [1.29, 1.82) is 0 Å². The average Bonchev–Trinajstić information content (AvgIpc) is 2.33. The molecule has 0 saturated heterocycles. The quantitative estimate of drug-likeness (QED) is 0.800. The van der Waals surface area contributed by atoms with E-state index in [4.69, 9.17) is 9.47 Å². The molecule has 0 fully saturated rings. The second-order valence-corrected chi connectivity index (χ2v) is 5.13. The van der Waals surface area contributed by atoms with E-state index in [0.29, 0.717) is 31.3 Å². The second-order valence-electron chi connectivity index (χ2n) is 5.13. The Kier molecular flexibility index (Phi) is 5.76. The van der Waals surface area contributed by atoms with Crippen LogP contribution in [-0.4, -0.2) is 36.3 Å². The largest absolute Gasteiger partial charge is 0.475 e. The molecule has 19 heavy (non-hydrogen) atoms. The van der Waals surface area contributed by atoms with Crippen LogP contribution in [0, 0.1) is 0 Å². The highest BCUT2D eigenvalue weighted by molar-refractivity contribution is 5.94. The van der Waals surface area contributed by atoms with Crippen molar-refractivity contribution in [3.8, 4) is 5.88 Å². The van der Waals surface area contributed by atoms with Crippen molar-refractivity contribution in [2.45, 2.75) is 33.2 Å². The standard InChI is InChI=1S/C14H22N2O3/c1-5-18-8-9-19-12-10-11(6-7-15-12)13(17)16-14(2,3)4/h6-7,10H,5,8-9H2,1-4H3,(H,16,17). The minimum atomic E-state index is -0.268. The fraction of sp³-hybridized carbons (Fsp3) is 0.571. The van der Waals surface area contributed by atoms with Crippen molar-refractivity contribution in [1.82, 2.24) is 10.3 Å². The van der Waals surface area contributed by atoms with Crippen molar-refractivity contribution in [3.63, 3.8) is 0 Å². The van der Waals surface area contributed by atoms with Crippen LogP contribution in [0.4, 0.5) is 0 Å². The Labute approximate surface area is 114 Å². The monoisotopic (exact) mass is 266 g/mol. The predicted octanol–water partition coefficient (Wildman–Crippen LogP) is 2.03. The fourth-order valence-corrected chi connectivity index (χ4v) is 1.39. The zero-order valence-electron chi connectivity index (χ0n) is 12.0. The summed E-state index contributed by atoms with van der Waals surface area (Å²) in [4.78, 5) is 16.0. The van der Waals surface area contributed by atoms with Gasteiger partial charge in [0.2, 0.25) is 5.88 Å². The lowest BCUT2D eigenvalue weighted by atomic mass is 10.1. The predicted molar refractivity (Wildman–Crippen MR) is 73.4 cm³/mol. The molecule has 5 nitrogen and oxygen atoms in total.